The molecule has 2 N–H and O–H groups in total. The van der Waals surface area contributed by atoms with E-state index in [4.69, 9.17) is 10.5 Å². The van der Waals surface area contributed by atoms with Gasteiger partial charge >= 0.3 is 0 Å². The predicted octanol–water partition coefficient (Wildman–Crippen LogP) is 1.86. The third-order valence-electron chi connectivity index (χ3n) is 3.86. The average molecular weight is 228 g/mol. The minimum atomic E-state index is 0.581. The van der Waals surface area contributed by atoms with Crippen LogP contribution < -0.4 is 5.73 Å². The molecule has 3 heteroatoms. The molecule has 16 heavy (non-hydrogen) atoms. The molecular formula is C13H28N2O. The van der Waals surface area contributed by atoms with Crippen LogP contribution in [0, 0.1) is 5.92 Å². The van der Waals surface area contributed by atoms with E-state index in [1.54, 1.807) is 7.11 Å². The molecule has 1 atom stereocenters. The van der Waals surface area contributed by atoms with Crippen molar-refractivity contribution in [2.75, 3.05) is 33.9 Å². The Balaban J connectivity index is 2.32. The normalized spacial score (nSPS) is 20.2. The summed E-state index contributed by atoms with van der Waals surface area (Å²) in [6, 6.07) is 0.581. The Morgan fingerprint density at radius 2 is 2.00 bits per heavy atom. The van der Waals surface area contributed by atoms with Gasteiger partial charge in [-0.3, -0.25) is 0 Å². The van der Waals surface area contributed by atoms with Gasteiger partial charge in [-0.25, -0.2) is 0 Å². The van der Waals surface area contributed by atoms with Crippen LogP contribution in [-0.4, -0.2) is 44.8 Å². The third-order valence-corrected chi connectivity index (χ3v) is 3.86. The SMILES string of the molecule is COCCCN(C)C(CN)C1CCCCC1. The van der Waals surface area contributed by atoms with E-state index in [1.807, 2.05) is 0 Å². The fraction of sp³-hybridized carbons (Fsp3) is 1.00. The topological polar surface area (TPSA) is 38.5 Å². The summed E-state index contributed by atoms with van der Waals surface area (Å²) < 4.78 is 5.09. The van der Waals surface area contributed by atoms with Gasteiger partial charge in [0.2, 0.25) is 0 Å². The Morgan fingerprint density at radius 1 is 1.31 bits per heavy atom. The molecule has 0 spiro atoms. The van der Waals surface area contributed by atoms with Crippen LogP contribution in [0.2, 0.25) is 0 Å². The lowest BCUT2D eigenvalue weighted by atomic mass is 9.83. The highest BCUT2D eigenvalue weighted by atomic mass is 16.5. The minimum Gasteiger partial charge on any atom is -0.385 e. The van der Waals surface area contributed by atoms with Crippen molar-refractivity contribution in [1.82, 2.24) is 4.90 Å². The van der Waals surface area contributed by atoms with E-state index in [0.29, 0.717) is 6.04 Å². The number of nitrogens with zero attached hydrogens (tertiary/aromatic N) is 1. The number of hydrogen-bond acceptors (Lipinski definition) is 3. The smallest absolute Gasteiger partial charge is 0.0474 e. The molecule has 0 heterocycles. The number of rotatable bonds is 7. The van der Waals surface area contributed by atoms with Crippen LogP contribution in [0.1, 0.15) is 38.5 Å². The van der Waals surface area contributed by atoms with E-state index >= 15 is 0 Å². The summed E-state index contributed by atoms with van der Waals surface area (Å²) in [6.07, 6.45) is 8.06. The Kier molecular flexibility index (Phi) is 7.01. The molecule has 0 aromatic carbocycles. The van der Waals surface area contributed by atoms with Gasteiger partial charge in [-0.15, -0.1) is 0 Å². The molecule has 1 saturated carbocycles. The zero-order chi connectivity index (χ0) is 11.8. The molecule has 1 rings (SSSR count). The number of hydrogen-bond donors (Lipinski definition) is 1. The van der Waals surface area contributed by atoms with Crippen LogP contribution in [0.15, 0.2) is 0 Å². The minimum absolute atomic E-state index is 0.581. The zero-order valence-electron chi connectivity index (χ0n) is 11.0. The van der Waals surface area contributed by atoms with Gasteiger partial charge in [-0.2, -0.15) is 0 Å². The number of nitrogens with two attached hydrogens (primary N) is 1. The predicted molar refractivity (Wildman–Crippen MR) is 68.5 cm³/mol. The molecule has 0 aromatic rings. The third kappa shape index (κ3) is 4.40. The van der Waals surface area contributed by atoms with Gasteiger partial charge in [0.15, 0.2) is 0 Å². The van der Waals surface area contributed by atoms with Gasteiger partial charge in [0.25, 0.3) is 0 Å². The van der Waals surface area contributed by atoms with Crippen molar-refractivity contribution in [3.8, 4) is 0 Å². The van der Waals surface area contributed by atoms with E-state index in [2.05, 4.69) is 11.9 Å². The van der Waals surface area contributed by atoms with Crippen molar-refractivity contribution in [3.05, 3.63) is 0 Å². The van der Waals surface area contributed by atoms with E-state index in [9.17, 15) is 0 Å². The van der Waals surface area contributed by atoms with Gasteiger partial charge in [0.1, 0.15) is 0 Å². The summed E-state index contributed by atoms with van der Waals surface area (Å²) in [7, 11) is 3.98. The molecule has 0 bridgehead atoms. The molecular weight excluding hydrogens is 200 g/mol. The maximum absolute atomic E-state index is 5.94. The van der Waals surface area contributed by atoms with Crippen molar-refractivity contribution in [2.24, 2.45) is 11.7 Å². The van der Waals surface area contributed by atoms with Gasteiger partial charge < -0.3 is 15.4 Å². The summed E-state index contributed by atoms with van der Waals surface area (Å²) in [5.41, 5.74) is 5.94. The monoisotopic (exact) mass is 228 g/mol. The number of methoxy groups -OCH3 is 1. The van der Waals surface area contributed by atoms with E-state index in [0.717, 1.165) is 32.0 Å². The van der Waals surface area contributed by atoms with Crippen LogP contribution in [-0.2, 0) is 4.74 Å². The van der Waals surface area contributed by atoms with Crippen LogP contribution in [0.3, 0.4) is 0 Å². The van der Waals surface area contributed by atoms with Gasteiger partial charge in [-0.1, -0.05) is 19.3 Å². The van der Waals surface area contributed by atoms with E-state index < -0.39 is 0 Å². The lowest BCUT2D eigenvalue weighted by molar-refractivity contribution is 0.127. The molecule has 0 aromatic heterocycles. The first-order valence-electron chi connectivity index (χ1n) is 6.68. The molecule has 0 aliphatic heterocycles. The van der Waals surface area contributed by atoms with Gasteiger partial charge in [-0.05, 0) is 32.2 Å². The van der Waals surface area contributed by atoms with Gasteiger partial charge in [0.05, 0.1) is 0 Å². The molecule has 1 aliphatic rings. The first-order valence-corrected chi connectivity index (χ1v) is 6.68. The van der Waals surface area contributed by atoms with E-state index in [1.165, 1.54) is 32.1 Å². The summed E-state index contributed by atoms with van der Waals surface area (Å²) in [5.74, 6) is 0.825. The molecule has 1 aliphatic carbocycles. The lowest BCUT2D eigenvalue weighted by Gasteiger charge is -2.36. The fourth-order valence-corrected chi connectivity index (χ4v) is 2.88. The quantitative estimate of drug-likeness (QED) is 0.676. The van der Waals surface area contributed by atoms with Crippen LogP contribution in [0.25, 0.3) is 0 Å². The zero-order valence-corrected chi connectivity index (χ0v) is 11.0. The fourth-order valence-electron chi connectivity index (χ4n) is 2.88. The summed E-state index contributed by atoms with van der Waals surface area (Å²) in [5, 5.41) is 0. The van der Waals surface area contributed by atoms with Crippen molar-refractivity contribution < 1.29 is 4.74 Å². The molecule has 96 valence electrons. The van der Waals surface area contributed by atoms with Crippen molar-refractivity contribution in [1.29, 1.82) is 0 Å². The highest BCUT2D eigenvalue weighted by Crippen LogP contribution is 2.28. The second kappa shape index (κ2) is 8.04. The summed E-state index contributed by atoms with van der Waals surface area (Å²) in [6.45, 7) is 2.76. The molecule has 3 nitrogen and oxygen atoms in total. The largest absolute Gasteiger partial charge is 0.385 e. The molecule has 0 saturated heterocycles. The van der Waals surface area contributed by atoms with Crippen molar-refractivity contribution >= 4 is 0 Å². The highest BCUT2D eigenvalue weighted by Gasteiger charge is 2.25. The second-order valence-electron chi connectivity index (χ2n) is 5.03. The molecule has 1 fully saturated rings. The molecule has 1 unspecified atom stereocenters. The van der Waals surface area contributed by atoms with Crippen LogP contribution >= 0.6 is 0 Å². The first-order chi connectivity index (χ1) is 7.79. The lowest BCUT2D eigenvalue weighted by Crippen LogP contribution is -2.44. The Morgan fingerprint density at radius 3 is 2.56 bits per heavy atom. The summed E-state index contributed by atoms with van der Waals surface area (Å²) in [4.78, 5) is 2.44. The van der Waals surface area contributed by atoms with Crippen LogP contribution in [0.4, 0.5) is 0 Å². The number of likely N-dealkylation sites (N-methyl/N-ethyl adjacent to an activating group) is 1. The Labute approximate surface area is 100 Å². The summed E-state index contributed by atoms with van der Waals surface area (Å²) >= 11 is 0. The maximum atomic E-state index is 5.94. The number of ether oxygens (including phenoxy) is 1. The molecule has 0 radical (unpaired) electrons. The first kappa shape index (κ1) is 13.9. The Bertz CT molecular complexity index is 169. The molecule has 0 amide bonds. The van der Waals surface area contributed by atoms with Crippen molar-refractivity contribution in [2.45, 2.75) is 44.6 Å². The Hall–Kier alpha value is -0.120. The highest BCUT2D eigenvalue weighted by molar-refractivity contribution is 4.81. The van der Waals surface area contributed by atoms with Gasteiger partial charge in [0, 0.05) is 32.8 Å². The van der Waals surface area contributed by atoms with E-state index in [-0.39, 0.29) is 0 Å². The standard InChI is InChI=1S/C13H28N2O/c1-15(9-6-10-16-2)13(11-14)12-7-4-3-5-8-12/h12-13H,3-11,14H2,1-2H3. The van der Waals surface area contributed by atoms with Crippen molar-refractivity contribution in [3.63, 3.8) is 0 Å². The maximum Gasteiger partial charge on any atom is 0.0474 e. The average Bonchev–Trinajstić information content (AvgIpc) is 2.32. The second-order valence-corrected chi connectivity index (χ2v) is 5.03. The van der Waals surface area contributed by atoms with Crippen LogP contribution in [0.5, 0.6) is 0 Å².